The van der Waals surface area contributed by atoms with Crippen LogP contribution in [-0.2, 0) is 4.79 Å². The predicted octanol–water partition coefficient (Wildman–Crippen LogP) is 3.50. The number of aliphatic carboxylic acids is 1. The molecule has 0 unspecified atom stereocenters. The van der Waals surface area contributed by atoms with Crippen molar-refractivity contribution in [2.75, 3.05) is 0 Å². The number of hydrogen-bond acceptors (Lipinski definition) is 3. The highest BCUT2D eigenvalue weighted by molar-refractivity contribution is 9.12. The fourth-order valence-electron chi connectivity index (χ4n) is 1.42. The fourth-order valence-corrected chi connectivity index (χ4v) is 4.22. The first-order valence-electron chi connectivity index (χ1n) is 5.29. The van der Waals surface area contributed by atoms with Crippen LogP contribution in [0.2, 0.25) is 0 Å². The van der Waals surface area contributed by atoms with E-state index in [1.165, 1.54) is 11.3 Å². The van der Waals surface area contributed by atoms with Gasteiger partial charge in [-0.05, 0) is 50.3 Å². The van der Waals surface area contributed by atoms with Gasteiger partial charge in [0.1, 0.15) is 6.04 Å². The minimum absolute atomic E-state index is 0.198. The van der Waals surface area contributed by atoms with Gasteiger partial charge in [-0.25, -0.2) is 4.79 Å². The number of thiophene rings is 1. The summed E-state index contributed by atoms with van der Waals surface area (Å²) in [6.07, 6.45) is 0.407. The van der Waals surface area contributed by atoms with Crippen LogP contribution in [0.5, 0.6) is 0 Å². The number of nitrogens with one attached hydrogen (secondary N) is 1. The molecule has 1 atom stereocenters. The van der Waals surface area contributed by atoms with Crippen LogP contribution >= 0.6 is 43.2 Å². The van der Waals surface area contributed by atoms with Gasteiger partial charge in [0, 0.05) is 0 Å². The quantitative estimate of drug-likeness (QED) is 0.797. The number of hydrogen-bond donors (Lipinski definition) is 2. The molecule has 0 fully saturated rings. The van der Waals surface area contributed by atoms with Gasteiger partial charge < -0.3 is 10.4 Å². The first kappa shape index (κ1) is 15.7. The molecule has 100 valence electrons. The van der Waals surface area contributed by atoms with Crippen LogP contribution in [-0.4, -0.2) is 23.0 Å². The fraction of sp³-hybridized carbons (Fsp3) is 0.455. The van der Waals surface area contributed by atoms with Gasteiger partial charge in [0.25, 0.3) is 5.91 Å². The number of carbonyl (C=O) groups excluding carboxylic acids is 1. The minimum Gasteiger partial charge on any atom is -0.480 e. The molecule has 1 rings (SSSR count). The van der Waals surface area contributed by atoms with Crippen molar-refractivity contribution in [3.63, 3.8) is 0 Å². The summed E-state index contributed by atoms with van der Waals surface area (Å²) >= 11 is 7.93. The zero-order valence-electron chi connectivity index (χ0n) is 9.87. The van der Waals surface area contributed by atoms with E-state index in [2.05, 4.69) is 37.2 Å². The van der Waals surface area contributed by atoms with Crippen molar-refractivity contribution < 1.29 is 14.7 Å². The summed E-state index contributed by atoms with van der Waals surface area (Å²) in [6, 6.07) is 0.807. The molecule has 0 aliphatic carbocycles. The molecule has 1 heterocycles. The Morgan fingerprint density at radius 2 is 2.06 bits per heavy atom. The van der Waals surface area contributed by atoms with Crippen molar-refractivity contribution in [1.29, 1.82) is 0 Å². The zero-order chi connectivity index (χ0) is 13.9. The maximum atomic E-state index is 12.0. The van der Waals surface area contributed by atoms with Crippen molar-refractivity contribution >= 4 is 55.1 Å². The smallest absolute Gasteiger partial charge is 0.326 e. The van der Waals surface area contributed by atoms with Crippen LogP contribution in [0.15, 0.2) is 13.6 Å². The Balaban J connectivity index is 2.78. The SMILES string of the molecule is CC(C)C[C@H](NC(=O)c1cc(Br)sc1Br)C(=O)O. The van der Waals surface area contributed by atoms with Gasteiger partial charge in [-0.3, -0.25) is 4.79 Å². The third kappa shape index (κ3) is 4.37. The third-order valence-electron chi connectivity index (χ3n) is 2.21. The largest absolute Gasteiger partial charge is 0.480 e. The number of carboxylic acid groups (broad SMARTS) is 1. The van der Waals surface area contributed by atoms with Crippen LogP contribution in [0.1, 0.15) is 30.6 Å². The molecule has 1 aromatic rings. The van der Waals surface area contributed by atoms with Crippen LogP contribution in [0, 0.1) is 5.92 Å². The van der Waals surface area contributed by atoms with Gasteiger partial charge in [-0.1, -0.05) is 13.8 Å². The molecule has 0 aliphatic heterocycles. The third-order valence-corrected chi connectivity index (χ3v) is 4.55. The lowest BCUT2D eigenvalue weighted by molar-refractivity contribution is -0.139. The summed E-state index contributed by atoms with van der Waals surface area (Å²) in [7, 11) is 0. The second kappa shape index (κ2) is 6.68. The molecular weight excluding hydrogens is 386 g/mol. The van der Waals surface area contributed by atoms with E-state index in [1.54, 1.807) is 6.07 Å². The summed E-state index contributed by atoms with van der Waals surface area (Å²) in [6.45, 7) is 3.83. The van der Waals surface area contributed by atoms with Crippen molar-refractivity contribution in [2.24, 2.45) is 5.92 Å². The van der Waals surface area contributed by atoms with Gasteiger partial charge in [0.15, 0.2) is 0 Å². The van der Waals surface area contributed by atoms with E-state index in [0.29, 0.717) is 15.8 Å². The number of amides is 1. The highest BCUT2D eigenvalue weighted by Gasteiger charge is 2.23. The van der Waals surface area contributed by atoms with Gasteiger partial charge in [-0.15, -0.1) is 11.3 Å². The molecule has 0 radical (unpaired) electrons. The van der Waals surface area contributed by atoms with Crippen molar-refractivity contribution in [3.8, 4) is 0 Å². The molecule has 4 nitrogen and oxygen atoms in total. The maximum Gasteiger partial charge on any atom is 0.326 e. The summed E-state index contributed by atoms with van der Waals surface area (Å²) in [5, 5.41) is 11.6. The summed E-state index contributed by atoms with van der Waals surface area (Å²) in [5.74, 6) is -1.19. The lowest BCUT2D eigenvalue weighted by Crippen LogP contribution is -2.41. The Morgan fingerprint density at radius 1 is 1.44 bits per heavy atom. The Labute approximate surface area is 126 Å². The first-order chi connectivity index (χ1) is 8.31. The van der Waals surface area contributed by atoms with E-state index < -0.39 is 12.0 Å². The van der Waals surface area contributed by atoms with Gasteiger partial charge >= 0.3 is 5.97 Å². The standard InChI is InChI=1S/C11H13Br2NO3S/c1-5(2)3-7(11(16)17)14-10(15)6-4-8(12)18-9(6)13/h4-5,7H,3H2,1-2H3,(H,14,15)(H,16,17)/t7-/m0/s1. The number of carbonyl (C=O) groups is 2. The Bertz CT molecular complexity index is 459. The monoisotopic (exact) mass is 397 g/mol. The van der Waals surface area contributed by atoms with Crippen LogP contribution in [0.3, 0.4) is 0 Å². The van der Waals surface area contributed by atoms with E-state index in [-0.39, 0.29) is 11.8 Å². The summed E-state index contributed by atoms with van der Waals surface area (Å²) in [4.78, 5) is 23.0. The van der Waals surface area contributed by atoms with Gasteiger partial charge in [0.05, 0.1) is 13.1 Å². The van der Waals surface area contributed by atoms with E-state index in [9.17, 15) is 9.59 Å². The Morgan fingerprint density at radius 3 is 2.44 bits per heavy atom. The van der Waals surface area contributed by atoms with Crippen molar-refractivity contribution in [3.05, 3.63) is 19.2 Å². The molecule has 0 spiro atoms. The molecule has 7 heteroatoms. The maximum absolute atomic E-state index is 12.0. The highest BCUT2D eigenvalue weighted by Crippen LogP contribution is 2.31. The minimum atomic E-state index is -1.01. The lowest BCUT2D eigenvalue weighted by atomic mass is 10.0. The first-order valence-corrected chi connectivity index (χ1v) is 7.70. The molecule has 0 aromatic carbocycles. The number of carboxylic acids is 1. The molecule has 0 saturated heterocycles. The van der Waals surface area contributed by atoms with Crippen molar-refractivity contribution in [1.82, 2.24) is 5.32 Å². The van der Waals surface area contributed by atoms with Crippen molar-refractivity contribution in [2.45, 2.75) is 26.3 Å². The molecule has 1 aromatic heterocycles. The molecule has 2 N–H and O–H groups in total. The Hall–Kier alpha value is -0.400. The molecule has 0 bridgehead atoms. The topological polar surface area (TPSA) is 66.4 Å². The summed E-state index contributed by atoms with van der Waals surface area (Å²) < 4.78 is 1.50. The average Bonchev–Trinajstić information content (AvgIpc) is 2.56. The van der Waals surface area contributed by atoms with Gasteiger partial charge in [-0.2, -0.15) is 0 Å². The van der Waals surface area contributed by atoms with Crippen LogP contribution < -0.4 is 5.32 Å². The van der Waals surface area contributed by atoms with E-state index in [0.717, 1.165) is 3.79 Å². The summed E-state index contributed by atoms with van der Waals surface area (Å²) in [5.41, 5.74) is 0.446. The molecule has 0 aliphatic rings. The normalized spacial score (nSPS) is 12.5. The zero-order valence-corrected chi connectivity index (χ0v) is 13.9. The predicted molar refractivity (Wildman–Crippen MR) is 78.1 cm³/mol. The van der Waals surface area contributed by atoms with Crippen LogP contribution in [0.4, 0.5) is 0 Å². The number of rotatable bonds is 5. The van der Waals surface area contributed by atoms with Crippen LogP contribution in [0.25, 0.3) is 0 Å². The Kier molecular flexibility index (Phi) is 5.81. The lowest BCUT2D eigenvalue weighted by Gasteiger charge is -2.16. The van der Waals surface area contributed by atoms with E-state index in [4.69, 9.17) is 5.11 Å². The molecule has 1 amide bonds. The second-order valence-electron chi connectivity index (χ2n) is 4.23. The molecule has 0 saturated carbocycles. The van der Waals surface area contributed by atoms with E-state index in [1.807, 2.05) is 13.8 Å². The average molecular weight is 399 g/mol. The second-order valence-corrected chi connectivity index (χ2v) is 7.98. The molecule has 18 heavy (non-hydrogen) atoms. The molecular formula is C11H13Br2NO3S. The van der Waals surface area contributed by atoms with E-state index >= 15 is 0 Å². The highest BCUT2D eigenvalue weighted by atomic mass is 79.9. The number of halogens is 2. The van der Waals surface area contributed by atoms with Gasteiger partial charge in [0.2, 0.25) is 0 Å².